The van der Waals surface area contributed by atoms with Crippen molar-refractivity contribution < 1.29 is 10.2 Å². The maximum atomic E-state index is 10.8. The molecule has 2 nitrogen and oxygen atoms in total. The molecule has 2 rings (SSSR count). The summed E-state index contributed by atoms with van der Waals surface area (Å²) in [5.74, 6) is 0.311. The van der Waals surface area contributed by atoms with Gasteiger partial charge in [-0.1, -0.05) is 17.2 Å². The van der Waals surface area contributed by atoms with E-state index >= 15 is 0 Å². The summed E-state index contributed by atoms with van der Waals surface area (Å²) in [6.45, 7) is 7.74. The highest BCUT2D eigenvalue weighted by molar-refractivity contribution is 5.47. The maximum Gasteiger partial charge on any atom is 0.121 e. The van der Waals surface area contributed by atoms with Gasteiger partial charge in [-0.3, -0.25) is 0 Å². The molecule has 1 aliphatic carbocycles. The van der Waals surface area contributed by atoms with Crippen LogP contribution in [0.3, 0.4) is 0 Å². The molecule has 2 N–H and O–H groups in total. The van der Waals surface area contributed by atoms with E-state index in [0.29, 0.717) is 12.2 Å². The first-order valence-electron chi connectivity index (χ1n) is 6.21. The van der Waals surface area contributed by atoms with Crippen molar-refractivity contribution >= 4 is 0 Å². The summed E-state index contributed by atoms with van der Waals surface area (Å²) in [5, 5.41) is 20.6. The topological polar surface area (TPSA) is 40.5 Å². The molecule has 0 bridgehead atoms. The fourth-order valence-corrected chi connectivity index (χ4v) is 2.73. The molecule has 0 saturated carbocycles. The second kappa shape index (κ2) is 4.29. The lowest BCUT2D eigenvalue weighted by molar-refractivity contribution is 0.0873. The van der Waals surface area contributed by atoms with E-state index in [4.69, 9.17) is 0 Å². The minimum atomic E-state index is -0.952. The Hall–Kier alpha value is -1.54. The Kier molecular flexibility index (Phi) is 3.07. The van der Waals surface area contributed by atoms with E-state index in [1.54, 1.807) is 0 Å². The van der Waals surface area contributed by atoms with Gasteiger partial charge in [0.05, 0.1) is 0 Å². The third-order valence-electron chi connectivity index (χ3n) is 3.48. The molecule has 96 valence electrons. The molecular formula is C16H20O2. The predicted molar refractivity (Wildman–Crippen MR) is 73.6 cm³/mol. The van der Waals surface area contributed by atoms with Crippen LogP contribution in [-0.4, -0.2) is 10.2 Å². The first kappa shape index (κ1) is 12.9. The minimum Gasteiger partial charge on any atom is -0.507 e. The van der Waals surface area contributed by atoms with E-state index < -0.39 is 5.60 Å². The van der Waals surface area contributed by atoms with Crippen molar-refractivity contribution in [1.29, 1.82) is 0 Å². The smallest absolute Gasteiger partial charge is 0.121 e. The average Bonchev–Trinajstić information content (AvgIpc) is 2.23. The Morgan fingerprint density at radius 3 is 2.11 bits per heavy atom. The number of aromatic hydroxyl groups is 1. The number of rotatable bonds is 1. The highest BCUT2D eigenvalue weighted by Crippen LogP contribution is 2.37. The number of hydrogen-bond donors (Lipinski definition) is 2. The van der Waals surface area contributed by atoms with Crippen molar-refractivity contribution in [3.8, 4) is 5.75 Å². The Morgan fingerprint density at radius 1 is 1.06 bits per heavy atom. The van der Waals surface area contributed by atoms with Crippen molar-refractivity contribution in [2.75, 3.05) is 0 Å². The zero-order chi connectivity index (χ0) is 13.5. The quantitative estimate of drug-likeness (QED) is 0.794. The van der Waals surface area contributed by atoms with Crippen LogP contribution in [0.2, 0.25) is 0 Å². The minimum absolute atomic E-state index is 0.311. The van der Waals surface area contributed by atoms with Crippen LogP contribution < -0.4 is 0 Å². The second-order valence-electron chi connectivity index (χ2n) is 5.44. The largest absolute Gasteiger partial charge is 0.507 e. The average molecular weight is 244 g/mol. The zero-order valence-electron chi connectivity index (χ0n) is 11.4. The predicted octanol–water partition coefficient (Wildman–Crippen LogP) is 3.49. The van der Waals surface area contributed by atoms with Gasteiger partial charge in [0, 0.05) is 6.42 Å². The number of aryl methyl sites for hydroxylation is 2. The summed E-state index contributed by atoms with van der Waals surface area (Å²) < 4.78 is 0. The van der Waals surface area contributed by atoms with Crippen molar-refractivity contribution in [3.05, 3.63) is 52.1 Å². The summed E-state index contributed by atoms with van der Waals surface area (Å²) in [4.78, 5) is 0. The van der Waals surface area contributed by atoms with Crippen molar-refractivity contribution in [2.24, 2.45) is 0 Å². The molecule has 0 spiro atoms. The maximum absolute atomic E-state index is 10.8. The van der Waals surface area contributed by atoms with E-state index in [1.807, 2.05) is 45.9 Å². The molecule has 2 heteroatoms. The van der Waals surface area contributed by atoms with Crippen LogP contribution in [0.1, 0.15) is 37.0 Å². The van der Waals surface area contributed by atoms with Gasteiger partial charge in [-0.25, -0.2) is 0 Å². The van der Waals surface area contributed by atoms with Gasteiger partial charge < -0.3 is 10.2 Å². The molecule has 1 aromatic carbocycles. The number of phenolic OH excluding ortho intramolecular Hbond substituents is 1. The molecule has 0 fully saturated rings. The van der Waals surface area contributed by atoms with Crippen LogP contribution >= 0.6 is 0 Å². The van der Waals surface area contributed by atoms with Gasteiger partial charge in [0.25, 0.3) is 0 Å². The van der Waals surface area contributed by atoms with Gasteiger partial charge in [-0.2, -0.15) is 0 Å². The van der Waals surface area contributed by atoms with Crippen LogP contribution in [0.25, 0.3) is 0 Å². The zero-order valence-corrected chi connectivity index (χ0v) is 11.4. The van der Waals surface area contributed by atoms with E-state index in [0.717, 1.165) is 22.3 Å². The van der Waals surface area contributed by atoms with Crippen LogP contribution in [0.4, 0.5) is 0 Å². The van der Waals surface area contributed by atoms with Crippen molar-refractivity contribution in [3.63, 3.8) is 0 Å². The lowest BCUT2D eigenvalue weighted by Gasteiger charge is -2.30. The van der Waals surface area contributed by atoms with Gasteiger partial charge >= 0.3 is 0 Å². The molecule has 0 saturated heterocycles. The first-order chi connectivity index (χ1) is 8.32. The summed E-state index contributed by atoms with van der Waals surface area (Å²) >= 11 is 0. The van der Waals surface area contributed by atoms with Gasteiger partial charge in [0.2, 0.25) is 0 Å². The summed E-state index contributed by atoms with van der Waals surface area (Å²) in [7, 11) is 0. The monoisotopic (exact) mass is 244 g/mol. The summed E-state index contributed by atoms with van der Waals surface area (Å²) in [6.07, 6.45) is 4.59. The first-order valence-corrected chi connectivity index (χ1v) is 6.21. The van der Waals surface area contributed by atoms with Crippen LogP contribution in [-0.2, 0) is 5.60 Å². The molecule has 18 heavy (non-hydrogen) atoms. The Morgan fingerprint density at radius 2 is 1.61 bits per heavy atom. The molecule has 1 unspecified atom stereocenters. The number of aliphatic hydroxyl groups is 1. The SMILES string of the molecule is CC1=CC(O)(c2cc(C)c(O)c(C)c2)CC(C)=C1. The van der Waals surface area contributed by atoms with Crippen LogP contribution in [0, 0.1) is 13.8 Å². The standard InChI is InChI=1S/C16H20O2/c1-10-5-11(2)9-16(18,8-10)14-6-12(3)15(17)13(4)7-14/h5-8,17-18H,9H2,1-4H3. The third-order valence-corrected chi connectivity index (χ3v) is 3.48. The van der Waals surface area contributed by atoms with Crippen molar-refractivity contribution in [1.82, 2.24) is 0 Å². The molecule has 0 aromatic heterocycles. The lowest BCUT2D eigenvalue weighted by Crippen LogP contribution is -2.26. The molecule has 0 radical (unpaired) electrons. The van der Waals surface area contributed by atoms with E-state index in [1.165, 1.54) is 5.57 Å². The Bertz CT molecular complexity index is 529. The number of benzene rings is 1. The molecule has 0 aliphatic heterocycles. The Labute approximate surface area is 108 Å². The number of allylic oxidation sites excluding steroid dienone is 2. The molecule has 0 heterocycles. The lowest BCUT2D eigenvalue weighted by atomic mass is 9.81. The Balaban J connectivity index is 2.53. The van der Waals surface area contributed by atoms with E-state index in [9.17, 15) is 10.2 Å². The fourth-order valence-electron chi connectivity index (χ4n) is 2.73. The molecular weight excluding hydrogens is 224 g/mol. The second-order valence-corrected chi connectivity index (χ2v) is 5.44. The third kappa shape index (κ3) is 2.21. The summed E-state index contributed by atoms with van der Waals surface area (Å²) in [6, 6.07) is 3.73. The van der Waals surface area contributed by atoms with E-state index in [-0.39, 0.29) is 0 Å². The van der Waals surface area contributed by atoms with E-state index in [2.05, 4.69) is 6.08 Å². The van der Waals surface area contributed by atoms with Gasteiger partial charge in [0.15, 0.2) is 0 Å². The van der Waals surface area contributed by atoms with Crippen molar-refractivity contribution in [2.45, 2.75) is 39.7 Å². The highest BCUT2D eigenvalue weighted by atomic mass is 16.3. The normalized spacial score (nSPS) is 23.6. The van der Waals surface area contributed by atoms with Gasteiger partial charge in [0.1, 0.15) is 11.4 Å². The van der Waals surface area contributed by atoms with Crippen LogP contribution in [0.5, 0.6) is 5.75 Å². The number of phenols is 1. The fraction of sp³-hybridized carbons (Fsp3) is 0.375. The van der Waals surface area contributed by atoms with Gasteiger partial charge in [-0.05, 0) is 62.6 Å². The molecule has 1 aromatic rings. The van der Waals surface area contributed by atoms with Crippen LogP contribution in [0.15, 0.2) is 35.4 Å². The molecule has 1 aliphatic rings. The molecule has 0 amide bonds. The van der Waals surface area contributed by atoms with Gasteiger partial charge in [-0.15, -0.1) is 0 Å². The summed E-state index contributed by atoms with van der Waals surface area (Å²) in [5.41, 5.74) is 3.74. The highest BCUT2D eigenvalue weighted by Gasteiger charge is 2.30. The number of hydrogen-bond acceptors (Lipinski definition) is 2. The molecule has 1 atom stereocenters.